The van der Waals surface area contributed by atoms with Gasteiger partial charge in [-0.2, -0.15) is 0 Å². The van der Waals surface area contributed by atoms with Gasteiger partial charge in [0, 0.05) is 20.3 Å². The normalized spacial score (nSPS) is 15.8. The molecule has 0 bridgehead atoms. The number of ether oxygens (including phenoxy) is 1. The Morgan fingerprint density at radius 1 is 1.24 bits per heavy atom. The Hall–Kier alpha value is -2.10. The van der Waals surface area contributed by atoms with Crippen molar-refractivity contribution >= 4 is 11.8 Å². The van der Waals surface area contributed by atoms with Gasteiger partial charge in [0.2, 0.25) is 0 Å². The van der Waals surface area contributed by atoms with Gasteiger partial charge in [0.25, 0.3) is 0 Å². The van der Waals surface area contributed by atoms with Crippen LogP contribution in [0.5, 0.6) is 0 Å². The van der Waals surface area contributed by atoms with Gasteiger partial charge in [-0.3, -0.25) is 9.59 Å². The predicted molar refractivity (Wildman–Crippen MR) is 80.8 cm³/mol. The summed E-state index contributed by atoms with van der Waals surface area (Å²) in [5, 5.41) is 0. The van der Waals surface area contributed by atoms with Crippen molar-refractivity contribution in [1.82, 2.24) is 4.90 Å². The molecule has 0 spiro atoms. The minimum Gasteiger partial charge on any atom is -0.465 e. The van der Waals surface area contributed by atoms with Gasteiger partial charge in [-0.25, -0.2) is 0 Å². The molecular formula is C17H21NO3. The third-order valence-electron chi connectivity index (χ3n) is 3.76. The van der Waals surface area contributed by atoms with E-state index in [-0.39, 0.29) is 12.4 Å². The molecule has 2 rings (SSSR count). The van der Waals surface area contributed by atoms with Gasteiger partial charge in [0.05, 0.1) is 6.61 Å². The van der Waals surface area contributed by atoms with Crippen LogP contribution < -0.4 is 0 Å². The number of hydrogen-bond acceptors (Lipinski definition) is 4. The number of esters is 1. The van der Waals surface area contributed by atoms with Gasteiger partial charge < -0.3 is 9.64 Å². The molecule has 0 heterocycles. The van der Waals surface area contributed by atoms with Crippen LogP contribution in [0.1, 0.15) is 18.1 Å². The van der Waals surface area contributed by atoms with Crippen LogP contribution in [-0.4, -0.2) is 37.4 Å². The molecule has 0 saturated carbocycles. The highest BCUT2D eigenvalue weighted by Gasteiger charge is 2.50. The number of carbonyl (C=O) groups is 2. The quantitative estimate of drug-likeness (QED) is 0.360. The number of allylic oxidation sites excluding steroid dienone is 1. The molecule has 0 radical (unpaired) electrons. The van der Waals surface area contributed by atoms with Gasteiger partial charge in [0.1, 0.15) is 5.41 Å². The molecule has 0 unspecified atom stereocenters. The molecule has 0 amide bonds. The summed E-state index contributed by atoms with van der Waals surface area (Å²) >= 11 is 0. The number of ketones is 1. The van der Waals surface area contributed by atoms with E-state index in [1.165, 1.54) is 6.08 Å². The average Bonchev–Trinajstić information content (AvgIpc) is 2.85. The van der Waals surface area contributed by atoms with Crippen LogP contribution in [-0.2, 0) is 27.2 Å². The molecule has 0 saturated heterocycles. The Labute approximate surface area is 125 Å². The summed E-state index contributed by atoms with van der Waals surface area (Å²) in [7, 11) is 3.68. The molecule has 1 aliphatic rings. The smallest absolute Gasteiger partial charge is 0.320 e. The van der Waals surface area contributed by atoms with Gasteiger partial charge >= 0.3 is 5.97 Å². The molecule has 1 aromatic rings. The summed E-state index contributed by atoms with van der Waals surface area (Å²) in [6, 6.07) is 7.80. The van der Waals surface area contributed by atoms with Gasteiger partial charge in [-0.05, 0) is 37.0 Å². The van der Waals surface area contributed by atoms with Gasteiger partial charge in [0.15, 0.2) is 5.78 Å². The van der Waals surface area contributed by atoms with Crippen molar-refractivity contribution in [3.63, 3.8) is 0 Å². The summed E-state index contributed by atoms with van der Waals surface area (Å²) in [4.78, 5) is 26.9. The Morgan fingerprint density at radius 2 is 1.81 bits per heavy atom. The number of rotatable bonds is 5. The fourth-order valence-electron chi connectivity index (χ4n) is 2.68. The largest absolute Gasteiger partial charge is 0.465 e. The molecule has 4 nitrogen and oxygen atoms in total. The van der Waals surface area contributed by atoms with Crippen LogP contribution >= 0.6 is 0 Å². The van der Waals surface area contributed by atoms with Crippen LogP contribution in [0, 0.1) is 5.41 Å². The number of hydrogen-bond donors (Lipinski definition) is 0. The van der Waals surface area contributed by atoms with E-state index in [1.807, 2.05) is 38.4 Å². The summed E-state index contributed by atoms with van der Waals surface area (Å²) in [6.45, 7) is 2.04. The Bertz CT molecular complexity index is 550. The summed E-state index contributed by atoms with van der Waals surface area (Å²) in [6.07, 6.45) is 3.98. The first-order chi connectivity index (χ1) is 9.99. The zero-order valence-electron chi connectivity index (χ0n) is 12.8. The average molecular weight is 288 g/mol. The van der Waals surface area contributed by atoms with E-state index in [0.29, 0.717) is 12.8 Å². The lowest BCUT2D eigenvalue weighted by Crippen LogP contribution is -2.41. The zero-order valence-corrected chi connectivity index (χ0v) is 12.8. The maximum atomic E-state index is 12.6. The highest BCUT2D eigenvalue weighted by molar-refractivity contribution is 6.10. The number of fused-ring (bicyclic) bond motifs is 1. The molecular weight excluding hydrogens is 267 g/mol. The van der Waals surface area contributed by atoms with Gasteiger partial charge in [-0.1, -0.05) is 24.3 Å². The topological polar surface area (TPSA) is 46.6 Å². The monoisotopic (exact) mass is 288 g/mol. The van der Waals surface area contributed by atoms with Crippen LogP contribution in [0.3, 0.4) is 0 Å². The predicted octanol–water partition coefficient (Wildman–Crippen LogP) is 1.98. The van der Waals surface area contributed by atoms with Crippen LogP contribution in [0.2, 0.25) is 0 Å². The van der Waals surface area contributed by atoms with Crippen molar-refractivity contribution in [2.24, 2.45) is 5.41 Å². The van der Waals surface area contributed by atoms with Crippen molar-refractivity contribution in [2.75, 3.05) is 20.7 Å². The second-order valence-electron chi connectivity index (χ2n) is 5.57. The molecule has 1 aromatic carbocycles. The molecule has 0 aromatic heterocycles. The lowest BCUT2D eigenvalue weighted by atomic mass is 9.80. The SMILES string of the molecule is C[13CH2]OC(=O)C1(C(=O)C=CN(C)C)Cc2ccccc2C1. The van der Waals surface area contributed by atoms with Crippen LogP contribution in [0.25, 0.3) is 0 Å². The van der Waals surface area contributed by atoms with Crippen molar-refractivity contribution in [1.29, 1.82) is 0 Å². The summed E-state index contributed by atoms with van der Waals surface area (Å²) < 4.78 is 5.18. The number of benzene rings is 1. The zero-order chi connectivity index (χ0) is 15.5. The van der Waals surface area contributed by atoms with E-state index in [1.54, 1.807) is 18.0 Å². The molecule has 21 heavy (non-hydrogen) atoms. The molecule has 0 fully saturated rings. The van der Waals surface area contributed by atoms with Crippen LogP contribution in [0.4, 0.5) is 0 Å². The minimum atomic E-state index is -1.10. The van der Waals surface area contributed by atoms with Crippen molar-refractivity contribution in [3.05, 3.63) is 47.7 Å². The highest BCUT2D eigenvalue weighted by Crippen LogP contribution is 2.39. The van der Waals surface area contributed by atoms with Crippen LogP contribution in [0.15, 0.2) is 36.5 Å². The first-order valence-electron chi connectivity index (χ1n) is 7.12. The van der Waals surface area contributed by atoms with Crippen molar-refractivity contribution in [2.45, 2.75) is 19.8 Å². The number of carbonyl (C=O) groups excluding carboxylic acids is 2. The van der Waals surface area contributed by atoms with E-state index in [0.717, 1.165) is 11.1 Å². The fraction of sp³-hybridized carbons (Fsp3) is 0.412. The fourth-order valence-corrected chi connectivity index (χ4v) is 2.68. The maximum absolute atomic E-state index is 12.6. The Kier molecular flexibility index (Phi) is 4.46. The Balaban J connectivity index is 2.35. The summed E-state index contributed by atoms with van der Waals surface area (Å²) in [5.74, 6) is -0.611. The lowest BCUT2D eigenvalue weighted by Gasteiger charge is -2.23. The lowest BCUT2D eigenvalue weighted by molar-refractivity contribution is -0.158. The van der Waals surface area contributed by atoms with Gasteiger partial charge in [-0.15, -0.1) is 0 Å². The standard InChI is InChI=1S/C17H21NO3/c1-4-21-16(20)17(15(19)9-10-18(2)3)11-13-7-5-6-8-14(13)12-17/h5-10H,4,11-12H2,1-3H3/i4+1. The van der Waals surface area contributed by atoms with E-state index >= 15 is 0 Å². The highest BCUT2D eigenvalue weighted by atomic mass is 16.6. The molecule has 1 aliphatic carbocycles. The first-order valence-corrected chi connectivity index (χ1v) is 7.12. The first kappa shape index (κ1) is 15.3. The van der Waals surface area contributed by atoms with Crippen molar-refractivity contribution in [3.8, 4) is 0 Å². The third kappa shape index (κ3) is 2.99. The van der Waals surface area contributed by atoms with E-state index in [2.05, 4.69) is 0 Å². The molecule has 0 atom stereocenters. The Morgan fingerprint density at radius 3 is 2.29 bits per heavy atom. The van der Waals surface area contributed by atoms with Crippen molar-refractivity contribution < 1.29 is 14.3 Å². The second kappa shape index (κ2) is 6.12. The molecule has 0 N–H and O–H groups in total. The maximum Gasteiger partial charge on any atom is 0.320 e. The van der Waals surface area contributed by atoms with E-state index < -0.39 is 11.4 Å². The molecule has 4 heteroatoms. The molecule has 0 aliphatic heterocycles. The second-order valence-corrected chi connectivity index (χ2v) is 5.57. The summed E-state index contributed by atoms with van der Waals surface area (Å²) in [5.41, 5.74) is 1.00. The number of nitrogens with zero attached hydrogens (tertiary/aromatic N) is 1. The third-order valence-corrected chi connectivity index (χ3v) is 3.76. The van der Waals surface area contributed by atoms with E-state index in [9.17, 15) is 9.59 Å². The molecule has 112 valence electrons. The van der Waals surface area contributed by atoms with E-state index in [4.69, 9.17) is 4.74 Å². The minimum absolute atomic E-state index is 0.189.